The van der Waals surface area contributed by atoms with Crippen molar-refractivity contribution in [3.63, 3.8) is 0 Å². The van der Waals surface area contributed by atoms with Crippen LogP contribution in [0.3, 0.4) is 0 Å². The number of hydrogen-bond donors (Lipinski definition) is 3. The highest BCUT2D eigenvalue weighted by atomic mass is 16.5. The number of rotatable bonds is 8. The molecule has 1 aromatic carbocycles. The van der Waals surface area contributed by atoms with E-state index in [1.807, 2.05) is 24.3 Å². The van der Waals surface area contributed by atoms with Gasteiger partial charge in [-0.2, -0.15) is 0 Å². The van der Waals surface area contributed by atoms with Crippen molar-refractivity contribution in [3.8, 4) is 23.1 Å². The summed E-state index contributed by atoms with van der Waals surface area (Å²) in [4.78, 5) is 8.61. The van der Waals surface area contributed by atoms with Gasteiger partial charge in [-0.3, -0.25) is 10.1 Å². The fraction of sp³-hybridized carbons (Fsp3) is 0.316. The number of ether oxygens (including phenoxy) is 2. The first-order valence-corrected chi connectivity index (χ1v) is 8.84. The van der Waals surface area contributed by atoms with Gasteiger partial charge in [0.15, 0.2) is 23.2 Å². The molecule has 2 aromatic heterocycles. The number of aliphatic imine (C=N–C) groups is 1. The van der Waals surface area contributed by atoms with E-state index in [1.165, 1.54) is 0 Å². The highest BCUT2D eigenvalue weighted by Gasteiger charge is 2.09. The number of furan rings is 1. The molecule has 3 aromatic rings. The number of aromatic amines is 1. The molecule has 3 rings (SSSR count). The van der Waals surface area contributed by atoms with Gasteiger partial charge in [0.1, 0.15) is 5.82 Å². The molecule has 0 amide bonds. The van der Waals surface area contributed by atoms with Crippen LogP contribution >= 0.6 is 0 Å². The van der Waals surface area contributed by atoms with Crippen molar-refractivity contribution in [2.24, 2.45) is 4.99 Å². The highest BCUT2D eigenvalue weighted by Crippen LogP contribution is 2.27. The van der Waals surface area contributed by atoms with Crippen molar-refractivity contribution in [3.05, 3.63) is 48.0 Å². The Kier molecular flexibility index (Phi) is 6.50. The molecule has 0 saturated heterocycles. The van der Waals surface area contributed by atoms with Crippen LogP contribution in [0.25, 0.3) is 11.6 Å². The Balaban J connectivity index is 1.47. The topological polar surface area (TPSA) is 110 Å². The van der Waals surface area contributed by atoms with Crippen molar-refractivity contribution in [1.82, 2.24) is 25.8 Å². The largest absolute Gasteiger partial charge is 0.493 e. The van der Waals surface area contributed by atoms with E-state index in [1.54, 1.807) is 33.6 Å². The smallest absolute Gasteiger partial charge is 0.216 e. The third-order valence-corrected chi connectivity index (χ3v) is 4.07. The monoisotopic (exact) mass is 384 g/mol. The molecule has 2 heterocycles. The Labute approximate surface area is 163 Å². The van der Waals surface area contributed by atoms with Crippen molar-refractivity contribution in [2.45, 2.75) is 13.0 Å². The third-order valence-electron chi connectivity index (χ3n) is 4.07. The molecule has 0 spiro atoms. The summed E-state index contributed by atoms with van der Waals surface area (Å²) in [5, 5.41) is 13.5. The van der Waals surface area contributed by atoms with Gasteiger partial charge < -0.3 is 24.5 Å². The maximum Gasteiger partial charge on any atom is 0.216 e. The normalized spacial score (nSPS) is 11.3. The van der Waals surface area contributed by atoms with Crippen LogP contribution in [0, 0.1) is 0 Å². The minimum Gasteiger partial charge on any atom is -0.493 e. The first kappa shape index (κ1) is 19.3. The predicted molar refractivity (Wildman–Crippen MR) is 106 cm³/mol. The summed E-state index contributed by atoms with van der Waals surface area (Å²) in [6.07, 6.45) is 2.40. The van der Waals surface area contributed by atoms with Gasteiger partial charge in [0.25, 0.3) is 0 Å². The summed E-state index contributed by atoms with van der Waals surface area (Å²) >= 11 is 0. The van der Waals surface area contributed by atoms with Gasteiger partial charge in [-0.15, -0.1) is 5.10 Å². The van der Waals surface area contributed by atoms with E-state index >= 15 is 0 Å². The van der Waals surface area contributed by atoms with Crippen molar-refractivity contribution in [1.29, 1.82) is 0 Å². The Bertz CT molecular complexity index is 904. The van der Waals surface area contributed by atoms with Crippen LogP contribution < -0.4 is 20.1 Å². The molecule has 0 saturated carbocycles. The van der Waals surface area contributed by atoms with Crippen LogP contribution in [0.4, 0.5) is 0 Å². The van der Waals surface area contributed by atoms with E-state index < -0.39 is 0 Å². The average molecular weight is 384 g/mol. The maximum atomic E-state index is 5.34. The fourth-order valence-corrected chi connectivity index (χ4v) is 2.64. The number of nitrogens with zero attached hydrogens (tertiary/aromatic N) is 3. The lowest BCUT2D eigenvalue weighted by molar-refractivity contribution is 0.354. The van der Waals surface area contributed by atoms with Gasteiger partial charge in [0, 0.05) is 13.6 Å². The summed E-state index contributed by atoms with van der Waals surface area (Å²) in [6, 6.07) is 9.51. The Hall–Kier alpha value is -3.49. The Morgan fingerprint density at radius 1 is 1.18 bits per heavy atom. The summed E-state index contributed by atoms with van der Waals surface area (Å²) in [5.74, 6) is 3.96. The summed E-state index contributed by atoms with van der Waals surface area (Å²) in [7, 11) is 4.98. The van der Waals surface area contributed by atoms with Crippen molar-refractivity contribution in [2.75, 3.05) is 27.8 Å². The highest BCUT2D eigenvalue weighted by molar-refractivity contribution is 5.79. The lowest BCUT2D eigenvalue weighted by Crippen LogP contribution is -2.38. The summed E-state index contributed by atoms with van der Waals surface area (Å²) in [5.41, 5.74) is 1.14. The zero-order valence-corrected chi connectivity index (χ0v) is 16.2. The van der Waals surface area contributed by atoms with Gasteiger partial charge in [0.05, 0.1) is 27.0 Å². The van der Waals surface area contributed by atoms with E-state index in [2.05, 4.69) is 30.8 Å². The van der Waals surface area contributed by atoms with Gasteiger partial charge in [-0.05, 0) is 36.2 Å². The Morgan fingerprint density at radius 2 is 2.04 bits per heavy atom. The van der Waals surface area contributed by atoms with Crippen LogP contribution in [-0.2, 0) is 13.0 Å². The molecule has 0 unspecified atom stereocenters. The molecule has 0 aliphatic heterocycles. The molecule has 28 heavy (non-hydrogen) atoms. The molecule has 148 valence electrons. The first-order valence-electron chi connectivity index (χ1n) is 8.84. The quantitative estimate of drug-likeness (QED) is 0.402. The van der Waals surface area contributed by atoms with E-state index in [9.17, 15) is 0 Å². The third kappa shape index (κ3) is 4.81. The molecular formula is C19H24N6O3. The van der Waals surface area contributed by atoms with Crippen molar-refractivity contribution < 1.29 is 13.9 Å². The van der Waals surface area contributed by atoms with Gasteiger partial charge in [-0.1, -0.05) is 6.07 Å². The van der Waals surface area contributed by atoms with E-state index in [4.69, 9.17) is 13.9 Å². The summed E-state index contributed by atoms with van der Waals surface area (Å²) in [6.45, 7) is 1.17. The summed E-state index contributed by atoms with van der Waals surface area (Å²) < 4.78 is 15.9. The molecule has 0 aliphatic carbocycles. The fourth-order valence-electron chi connectivity index (χ4n) is 2.64. The molecule has 9 nitrogen and oxygen atoms in total. The minimum atomic E-state index is 0.462. The second-order valence-electron chi connectivity index (χ2n) is 5.87. The van der Waals surface area contributed by atoms with Crippen LogP contribution in [0.2, 0.25) is 0 Å². The predicted octanol–water partition coefficient (Wildman–Crippen LogP) is 1.99. The number of aromatic nitrogens is 3. The molecule has 0 fully saturated rings. The Morgan fingerprint density at radius 3 is 2.75 bits per heavy atom. The number of benzene rings is 1. The van der Waals surface area contributed by atoms with Crippen LogP contribution in [-0.4, -0.2) is 49.0 Å². The zero-order valence-electron chi connectivity index (χ0n) is 16.2. The van der Waals surface area contributed by atoms with Gasteiger partial charge in [-0.25, -0.2) is 4.98 Å². The second-order valence-corrected chi connectivity index (χ2v) is 5.87. The lowest BCUT2D eigenvalue weighted by atomic mass is 10.1. The van der Waals surface area contributed by atoms with E-state index in [0.717, 1.165) is 23.5 Å². The first-order chi connectivity index (χ1) is 13.7. The molecular weight excluding hydrogens is 360 g/mol. The van der Waals surface area contributed by atoms with Gasteiger partial charge >= 0.3 is 0 Å². The number of hydrogen-bond acceptors (Lipinski definition) is 6. The number of nitrogens with one attached hydrogen (secondary N) is 3. The molecule has 0 radical (unpaired) electrons. The zero-order chi connectivity index (χ0) is 19.8. The van der Waals surface area contributed by atoms with Crippen LogP contribution in [0.5, 0.6) is 11.5 Å². The van der Waals surface area contributed by atoms with Crippen LogP contribution in [0.1, 0.15) is 11.4 Å². The molecule has 0 aliphatic rings. The number of methoxy groups -OCH3 is 2. The molecule has 0 atom stereocenters. The average Bonchev–Trinajstić information content (AvgIpc) is 3.42. The van der Waals surface area contributed by atoms with Crippen molar-refractivity contribution >= 4 is 5.96 Å². The van der Waals surface area contributed by atoms with E-state index in [-0.39, 0.29) is 0 Å². The molecule has 9 heteroatoms. The SMILES string of the molecule is CN=C(NCCc1ccc(OC)c(OC)c1)NCc1nc(-c2ccco2)n[nH]1. The maximum absolute atomic E-state index is 5.34. The molecule has 0 bridgehead atoms. The van der Waals surface area contributed by atoms with Crippen LogP contribution in [0.15, 0.2) is 46.0 Å². The minimum absolute atomic E-state index is 0.462. The standard InChI is InChI=1S/C19H24N6O3/c1-20-19(21-9-8-13-6-7-14(26-2)16(11-13)27-3)22-12-17-23-18(25-24-17)15-5-4-10-28-15/h4-7,10-11H,8-9,12H2,1-3H3,(H2,20,21,22)(H,23,24,25). The number of H-pyrrole nitrogens is 1. The second kappa shape index (κ2) is 9.45. The van der Waals surface area contributed by atoms with E-state index in [0.29, 0.717) is 36.5 Å². The number of guanidine groups is 1. The van der Waals surface area contributed by atoms with Gasteiger partial charge in [0.2, 0.25) is 5.82 Å². The molecule has 3 N–H and O–H groups in total. The lowest BCUT2D eigenvalue weighted by Gasteiger charge is -2.12.